The van der Waals surface area contributed by atoms with Crippen molar-refractivity contribution in [2.75, 3.05) is 24.5 Å². The first-order valence-electron chi connectivity index (χ1n) is 11.3. The smallest absolute Gasteiger partial charge is 0.367 e. The molecule has 1 aromatic carbocycles. The molecule has 8 nitrogen and oxygen atoms in total. The summed E-state index contributed by atoms with van der Waals surface area (Å²) in [6, 6.07) is 4.50. The molecule has 12 heteroatoms. The second kappa shape index (κ2) is 9.40. The van der Waals surface area contributed by atoms with Crippen LogP contribution in [0.25, 0.3) is 11.3 Å². The minimum atomic E-state index is -4.66. The van der Waals surface area contributed by atoms with Crippen LogP contribution in [0.15, 0.2) is 35.3 Å². The Morgan fingerprint density at radius 1 is 1.17 bits per heavy atom. The first kappa shape index (κ1) is 24.8. The fourth-order valence-electron chi connectivity index (χ4n) is 4.48. The number of piperazine rings is 1. The van der Waals surface area contributed by atoms with Crippen LogP contribution in [-0.4, -0.2) is 61.4 Å². The van der Waals surface area contributed by atoms with E-state index in [1.807, 2.05) is 0 Å². The molecule has 1 aliphatic heterocycles. The Bertz CT molecular complexity index is 1270. The van der Waals surface area contributed by atoms with E-state index in [0.717, 1.165) is 37.5 Å². The molecule has 188 valence electrons. The molecule has 1 fully saturated rings. The largest absolute Gasteiger partial charge is 0.416 e. The predicted octanol–water partition coefficient (Wildman–Crippen LogP) is 3.16. The quantitative estimate of drug-likeness (QED) is 0.509. The van der Waals surface area contributed by atoms with Gasteiger partial charge in [-0.05, 0) is 39.0 Å². The minimum absolute atomic E-state index is 0.0510. The van der Waals surface area contributed by atoms with E-state index < -0.39 is 17.6 Å². The van der Waals surface area contributed by atoms with Crippen LogP contribution in [0.2, 0.25) is 0 Å². The number of aromatic nitrogens is 5. The van der Waals surface area contributed by atoms with E-state index in [1.54, 1.807) is 13.2 Å². The summed E-state index contributed by atoms with van der Waals surface area (Å²) in [5.41, 5.74) is -0.482. The summed E-state index contributed by atoms with van der Waals surface area (Å²) >= 11 is 0. The lowest BCUT2D eigenvalue weighted by molar-refractivity contribution is -0.137. The number of anilines is 1. The topological polar surface area (TPSA) is 72.1 Å². The van der Waals surface area contributed by atoms with Gasteiger partial charge in [-0.3, -0.25) is 9.69 Å². The van der Waals surface area contributed by atoms with Crippen LogP contribution in [0, 0.1) is 5.82 Å². The van der Waals surface area contributed by atoms with Crippen LogP contribution in [0.3, 0.4) is 0 Å². The van der Waals surface area contributed by atoms with Crippen molar-refractivity contribution in [1.82, 2.24) is 29.7 Å². The SMILES string of the molecule is CC(C)N1CCN(c2cnn(Cc3c(-c4ccc(C(F)(F)F)cc4F)nnn3C)c(=O)c2)C[C@@H]1C. The zero-order chi connectivity index (χ0) is 25.5. The molecule has 0 unspecified atom stereocenters. The number of hydrogen-bond donors (Lipinski definition) is 0. The highest BCUT2D eigenvalue weighted by Gasteiger charge is 2.32. The van der Waals surface area contributed by atoms with Crippen molar-refractivity contribution in [3.05, 3.63) is 57.9 Å². The average Bonchev–Trinajstić information content (AvgIpc) is 3.14. The molecule has 0 aliphatic carbocycles. The van der Waals surface area contributed by atoms with Gasteiger partial charge in [-0.2, -0.15) is 18.3 Å². The van der Waals surface area contributed by atoms with Crippen LogP contribution in [0.4, 0.5) is 23.2 Å². The molecule has 2 aromatic heterocycles. The van der Waals surface area contributed by atoms with Gasteiger partial charge in [0.1, 0.15) is 11.5 Å². The number of benzene rings is 1. The van der Waals surface area contributed by atoms with Gasteiger partial charge in [0.25, 0.3) is 5.56 Å². The van der Waals surface area contributed by atoms with Gasteiger partial charge in [0.05, 0.1) is 29.7 Å². The van der Waals surface area contributed by atoms with E-state index in [1.165, 1.54) is 15.4 Å². The lowest BCUT2D eigenvalue weighted by Crippen LogP contribution is -2.54. The Kier molecular flexibility index (Phi) is 6.67. The van der Waals surface area contributed by atoms with Gasteiger partial charge in [0.15, 0.2) is 0 Å². The maximum Gasteiger partial charge on any atom is 0.416 e. The maximum atomic E-state index is 14.6. The fraction of sp³-hybridized carbons (Fsp3) is 0.478. The number of nitrogens with zero attached hydrogens (tertiary/aromatic N) is 7. The van der Waals surface area contributed by atoms with Gasteiger partial charge in [0.2, 0.25) is 0 Å². The minimum Gasteiger partial charge on any atom is -0.367 e. The lowest BCUT2D eigenvalue weighted by atomic mass is 10.1. The zero-order valence-corrected chi connectivity index (χ0v) is 19.9. The van der Waals surface area contributed by atoms with Gasteiger partial charge >= 0.3 is 6.18 Å². The van der Waals surface area contributed by atoms with Crippen molar-refractivity contribution < 1.29 is 17.6 Å². The average molecular weight is 494 g/mol. The molecule has 1 saturated heterocycles. The van der Waals surface area contributed by atoms with Crippen LogP contribution < -0.4 is 10.5 Å². The third-order valence-electron chi connectivity index (χ3n) is 6.36. The van der Waals surface area contributed by atoms with Crippen LogP contribution >= 0.6 is 0 Å². The number of aryl methyl sites for hydroxylation is 1. The van der Waals surface area contributed by atoms with Crippen LogP contribution in [0.5, 0.6) is 0 Å². The monoisotopic (exact) mass is 493 g/mol. The first-order chi connectivity index (χ1) is 16.5. The van der Waals surface area contributed by atoms with E-state index in [2.05, 4.69) is 46.0 Å². The molecular formula is C23H27F4N7O. The normalized spacial score (nSPS) is 17.4. The summed E-state index contributed by atoms with van der Waals surface area (Å²) in [7, 11) is 1.56. The standard InChI is InChI=1S/C23H27F4N7O/c1-14(2)33-8-7-32(12-15(33)3)17-10-21(35)34(28-11-17)13-20-22(29-30-31(20)4)18-6-5-16(9-19(18)24)23(25,26)27/h5-6,9-11,14-15H,7-8,12-13H2,1-4H3/t15-/m0/s1. The summed E-state index contributed by atoms with van der Waals surface area (Å²) in [6.45, 7) is 8.82. The maximum absolute atomic E-state index is 14.6. The van der Waals surface area contributed by atoms with E-state index in [4.69, 9.17) is 0 Å². The third-order valence-corrected chi connectivity index (χ3v) is 6.36. The van der Waals surface area contributed by atoms with Gasteiger partial charge in [-0.25, -0.2) is 13.8 Å². The summed E-state index contributed by atoms with van der Waals surface area (Å²) < 4.78 is 55.8. The Morgan fingerprint density at radius 3 is 2.51 bits per heavy atom. The molecule has 0 radical (unpaired) electrons. The second-order valence-corrected chi connectivity index (χ2v) is 9.04. The summed E-state index contributed by atoms with van der Waals surface area (Å²) in [4.78, 5) is 17.4. The molecular weight excluding hydrogens is 466 g/mol. The molecule has 1 aliphatic rings. The van der Waals surface area contributed by atoms with Crippen molar-refractivity contribution in [2.24, 2.45) is 7.05 Å². The van der Waals surface area contributed by atoms with Crippen molar-refractivity contribution in [3.63, 3.8) is 0 Å². The number of halogens is 4. The molecule has 35 heavy (non-hydrogen) atoms. The second-order valence-electron chi connectivity index (χ2n) is 9.04. The summed E-state index contributed by atoms with van der Waals surface area (Å²) in [5, 5.41) is 12.1. The Balaban J connectivity index is 1.58. The Morgan fingerprint density at radius 2 is 1.91 bits per heavy atom. The third kappa shape index (κ3) is 5.07. The van der Waals surface area contributed by atoms with Crippen molar-refractivity contribution >= 4 is 5.69 Å². The molecule has 4 rings (SSSR count). The summed E-state index contributed by atoms with van der Waals surface area (Å²) in [6.07, 6.45) is -3.05. The van der Waals surface area contributed by atoms with Crippen molar-refractivity contribution in [3.8, 4) is 11.3 Å². The van der Waals surface area contributed by atoms with E-state index >= 15 is 0 Å². The molecule has 1 atom stereocenters. The molecule has 0 spiro atoms. The van der Waals surface area contributed by atoms with Crippen LogP contribution in [0.1, 0.15) is 32.0 Å². The van der Waals surface area contributed by atoms with Gasteiger partial charge < -0.3 is 4.90 Å². The molecule has 0 bridgehead atoms. The fourth-order valence-corrected chi connectivity index (χ4v) is 4.48. The van der Waals surface area contributed by atoms with Gasteiger partial charge in [0, 0.05) is 50.4 Å². The highest BCUT2D eigenvalue weighted by Crippen LogP contribution is 2.33. The molecule has 0 amide bonds. The molecule has 3 aromatic rings. The van der Waals surface area contributed by atoms with Crippen LogP contribution in [-0.2, 0) is 19.8 Å². The predicted molar refractivity (Wildman–Crippen MR) is 123 cm³/mol. The highest BCUT2D eigenvalue weighted by atomic mass is 19.4. The Labute approximate surface area is 199 Å². The van der Waals surface area contributed by atoms with E-state index in [-0.39, 0.29) is 23.4 Å². The molecule has 0 N–H and O–H groups in total. The van der Waals surface area contributed by atoms with Crippen molar-refractivity contribution in [1.29, 1.82) is 0 Å². The van der Waals surface area contributed by atoms with E-state index in [9.17, 15) is 22.4 Å². The molecule has 0 saturated carbocycles. The van der Waals surface area contributed by atoms with E-state index in [0.29, 0.717) is 23.8 Å². The number of rotatable bonds is 5. The number of alkyl halides is 3. The zero-order valence-electron chi connectivity index (χ0n) is 19.9. The summed E-state index contributed by atoms with van der Waals surface area (Å²) in [5.74, 6) is -1.08. The van der Waals surface area contributed by atoms with Gasteiger partial charge in [-0.15, -0.1) is 5.10 Å². The highest BCUT2D eigenvalue weighted by molar-refractivity contribution is 5.62. The Hall–Kier alpha value is -3.28. The van der Waals surface area contributed by atoms with Gasteiger partial charge in [-0.1, -0.05) is 5.21 Å². The molecule has 3 heterocycles. The first-order valence-corrected chi connectivity index (χ1v) is 11.3. The van der Waals surface area contributed by atoms with Crippen molar-refractivity contribution in [2.45, 2.75) is 45.6 Å². The lowest BCUT2D eigenvalue weighted by Gasteiger charge is -2.42. The number of hydrogen-bond acceptors (Lipinski definition) is 6.